The molecule has 1 heterocycles. The van der Waals surface area contributed by atoms with Crippen molar-refractivity contribution in [1.82, 2.24) is 10.3 Å². The summed E-state index contributed by atoms with van der Waals surface area (Å²) in [6.45, 7) is 4.93. The first-order chi connectivity index (χ1) is 8.86. The molecule has 0 saturated carbocycles. The van der Waals surface area contributed by atoms with Gasteiger partial charge in [-0.3, -0.25) is 4.98 Å². The number of fused-ring (bicyclic) bond motifs is 1. The highest BCUT2D eigenvalue weighted by Gasteiger charge is 2.12. The van der Waals surface area contributed by atoms with Crippen molar-refractivity contribution < 1.29 is 0 Å². The van der Waals surface area contributed by atoms with Crippen LogP contribution in [0.5, 0.6) is 0 Å². The average molecular weight is 238 g/mol. The molecule has 0 aliphatic rings. The number of aromatic nitrogens is 1. The van der Waals surface area contributed by atoms with Gasteiger partial charge in [-0.1, -0.05) is 31.2 Å². The first-order valence-electron chi connectivity index (χ1n) is 6.33. The Balaban J connectivity index is 2.44. The molecule has 0 fully saturated rings. The number of rotatable bonds is 4. The van der Waals surface area contributed by atoms with E-state index in [0.29, 0.717) is 0 Å². The van der Waals surface area contributed by atoms with Crippen LogP contribution in [-0.2, 0) is 0 Å². The van der Waals surface area contributed by atoms with E-state index in [0.717, 1.165) is 18.5 Å². The molecule has 0 saturated heterocycles. The minimum Gasteiger partial charge on any atom is -0.309 e. The van der Waals surface area contributed by atoms with Gasteiger partial charge in [-0.2, -0.15) is 0 Å². The van der Waals surface area contributed by atoms with Gasteiger partial charge >= 0.3 is 0 Å². The Kier molecular flexibility index (Phi) is 4.33. The summed E-state index contributed by atoms with van der Waals surface area (Å²) in [5, 5.41) is 4.67. The SMILES string of the molecule is CC#CCC(NCC)c1cccc2cccnc12. The van der Waals surface area contributed by atoms with Crippen LogP contribution < -0.4 is 5.32 Å². The molecule has 18 heavy (non-hydrogen) atoms. The van der Waals surface area contributed by atoms with Gasteiger partial charge in [-0.25, -0.2) is 0 Å². The van der Waals surface area contributed by atoms with E-state index >= 15 is 0 Å². The summed E-state index contributed by atoms with van der Waals surface area (Å²) in [5.41, 5.74) is 2.31. The largest absolute Gasteiger partial charge is 0.309 e. The molecule has 1 N–H and O–H groups in total. The maximum absolute atomic E-state index is 4.50. The smallest absolute Gasteiger partial charge is 0.0750 e. The molecule has 1 aromatic heterocycles. The van der Waals surface area contributed by atoms with Gasteiger partial charge in [-0.05, 0) is 25.1 Å². The van der Waals surface area contributed by atoms with Crippen LogP contribution in [0.1, 0.15) is 31.9 Å². The van der Waals surface area contributed by atoms with Gasteiger partial charge in [0.15, 0.2) is 0 Å². The third-order valence-electron chi connectivity index (χ3n) is 2.97. The van der Waals surface area contributed by atoms with Crippen LogP contribution in [-0.4, -0.2) is 11.5 Å². The predicted octanol–water partition coefficient (Wildman–Crippen LogP) is 3.30. The second kappa shape index (κ2) is 6.18. The lowest BCUT2D eigenvalue weighted by Gasteiger charge is -2.17. The van der Waals surface area contributed by atoms with E-state index < -0.39 is 0 Å². The molecule has 2 rings (SSSR count). The van der Waals surface area contributed by atoms with E-state index in [2.05, 4.69) is 53.3 Å². The fourth-order valence-corrected chi connectivity index (χ4v) is 2.15. The Bertz CT molecular complexity index is 573. The molecule has 92 valence electrons. The standard InChI is InChI=1S/C16H18N2/c1-3-5-11-15(17-4-2)14-10-6-8-13-9-7-12-18-16(13)14/h6-10,12,15,17H,4,11H2,1-2H3. The zero-order chi connectivity index (χ0) is 12.8. The number of benzene rings is 1. The number of hydrogen-bond donors (Lipinski definition) is 1. The molecule has 0 amide bonds. The van der Waals surface area contributed by atoms with Gasteiger partial charge in [-0.15, -0.1) is 11.8 Å². The molecule has 2 nitrogen and oxygen atoms in total. The highest BCUT2D eigenvalue weighted by atomic mass is 14.9. The summed E-state index contributed by atoms with van der Waals surface area (Å²) >= 11 is 0. The molecule has 1 aromatic carbocycles. The van der Waals surface area contributed by atoms with Crippen LogP contribution in [0.15, 0.2) is 36.5 Å². The van der Waals surface area contributed by atoms with Crippen molar-refractivity contribution in [2.75, 3.05) is 6.54 Å². The van der Waals surface area contributed by atoms with E-state index in [1.165, 1.54) is 10.9 Å². The summed E-state index contributed by atoms with van der Waals surface area (Å²) in [6.07, 6.45) is 2.67. The molecule has 0 radical (unpaired) electrons. The zero-order valence-corrected chi connectivity index (χ0v) is 10.9. The van der Waals surface area contributed by atoms with Gasteiger partial charge in [0.25, 0.3) is 0 Å². The average Bonchev–Trinajstić information content (AvgIpc) is 2.43. The Morgan fingerprint density at radius 3 is 2.89 bits per heavy atom. The van der Waals surface area contributed by atoms with Gasteiger partial charge in [0, 0.05) is 24.0 Å². The van der Waals surface area contributed by atoms with Crippen molar-refractivity contribution in [2.24, 2.45) is 0 Å². The zero-order valence-electron chi connectivity index (χ0n) is 10.9. The van der Waals surface area contributed by atoms with Crippen LogP contribution in [0.4, 0.5) is 0 Å². The first-order valence-corrected chi connectivity index (χ1v) is 6.33. The fraction of sp³-hybridized carbons (Fsp3) is 0.312. The molecular weight excluding hydrogens is 220 g/mol. The maximum Gasteiger partial charge on any atom is 0.0750 e. The maximum atomic E-state index is 4.50. The van der Waals surface area contributed by atoms with Crippen LogP contribution in [0.3, 0.4) is 0 Å². The molecular formula is C16H18N2. The van der Waals surface area contributed by atoms with Gasteiger partial charge in [0.1, 0.15) is 0 Å². The van der Waals surface area contributed by atoms with E-state index in [1.54, 1.807) is 0 Å². The minimum atomic E-state index is 0.251. The molecule has 0 bridgehead atoms. The second-order valence-corrected chi connectivity index (χ2v) is 4.16. The lowest BCUT2D eigenvalue weighted by Crippen LogP contribution is -2.20. The van der Waals surface area contributed by atoms with E-state index in [4.69, 9.17) is 0 Å². The first kappa shape index (κ1) is 12.6. The number of para-hydroxylation sites is 1. The van der Waals surface area contributed by atoms with Crippen LogP contribution in [0.25, 0.3) is 10.9 Å². The molecule has 2 heteroatoms. The highest BCUT2D eigenvalue weighted by Crippen LogP contribution is 2.24. The third kappa shape index (κ3) is 2.69. The van der Waals surface area contributed by atoms with E-state index in [-0.39, 0.29) is 6.04 Å². The Hall–Kier alpha value is -1.85. The van der Waals surface area contributed by atoms with Crippen LogP contribution in [0, 0.1) is 11.8 Å². The van der Waals surface area contributed by atoms with Crippen molar-refractivity contribution in [3.63, 3.8) is 0 Å². The normalized spacial score (nSPS) is 11.9. The Labute approximate surface area is 108 Å². The van der Waals surface area contributed by atoms with E-state index in [1.807, 2.05) is 19.2 Å². The lowest BCUT2D eigenvalue weighted by atomic mass is 10.0. The highest BCUT2D eigenvalue weighted by molar-refractivity contribution is 5.82. The van der Waals surface area contributed by atoms with Crippen molar-refractivity contribution in [2.45, 2.75) is 26.3 Å². The monoisotopic (exact) mass is 238 g/mol. The summed E-state index contributed by atoms with van der Waals surface area (Å²) in [5.74, 6) is 6.12. The predicted molar refractivity (Wildman–Crippen MR) is 76.2 cm³/mol. The van der Waals surface area contributed by atoms with Gasteiger partial charge in [0.2, 0.25) is 0 Å². The van der Waals surface area contributed by atoms with Crippen molar-refractivity contribution in [1.29, 1.82) is 0 Å². The number of nitrogens with one attached hydrogen (secondary N) is 1. The van der Waals surface area contributed by atoms with Crippen molar-refractivity contribution in [3.8, 4) is 11.8 Å². The lowest BCUT2D eigenvalue weighted by molar-refractivity contribution is 0.568. The Morgan fingerprint density at radius 2 is 2.11 bits per heavy atom. The summed E-state index contributed by atoms with van der Waals surface area (Å²) < 4.78 is 0. The second-order valence-electron chi connectivity index (χ2n) is 4.16. The summed E-state index contributed by atoms with van der Waals surface area (Å²) in [7, 11) is 0. The molecule has 2 aromatic rings. The van der Waals surface area contributed by atoms with Crippen LogP contribution in [0.2, 0.25) is 0 Å². The van der Waals surface area contributed by atoms with E-state index in [9.17, 15) is 0 Å². The Morgan fingerprint density at radius 1 is 1.28 bits per heavy atom. The van der Waals surface area contributed by atoms with Crippen molar-refractivity contribution in [3.05, 3.63) is 42.1 Å². The summed E-state index contributed by atoms with van der Waals surface area (Å²) in [4.78, 5) is 4.50. The molecule has 0 spiro atoms. The molecule has 0 aliphatic carbocycles. The number of pyridine rings is 1. The molecule has 1 atom stereocenters. The third-order valence-corrected chi connectivity index (χ3v) is 2.97. The topological polar surface area (TPSA) is 24.9 Å². The van der Waals surface area contributed by atoms with Crippen molar-refractivity contribution >= 4 is 10.9 Å². The number of nitrogens with zero attached hydrogens (tertiary/aromatic N) is 1. The molecule has 1 unspecified atom stereocenters. The summed E-state index contributed by atoms with van der Waals surface area (Å²) in [6, 6.07) is 10.6. The molecule has 0 aliphatic heterocycles. The fourth-order valence-electron chi connectivity index (χ4n) is 2.15. The number of hydrogen-bond acceptors (Lipinski definition) is 2. The van der Waals surface area contributed by atoms with Crippen LogP contribution >= 0.6 is 0 Å². The van der Waals surface area contributed by atoms with Gasteiger partial charge < -0.3 is 5.32 Å². The quantitative estimate of drug-likeness (QED) is 0.827. The minimum absolute atomic E-state index is 0.251. The van der Waals surface area contributed by atoms with Gasteiger partial charge in [0.05, 0.1) is 5.52 Å².